The largest absolute Gasteiger partial charge is 0.459 e. The molecule has 1 aliphatic heterocycles. The summed E-state index contributed by atoms with van der Waals surface area (Å²) in [6.07, 6.45) is 0. The maximum Gasteiger partial charge on any atom is 0.320 e. The lowest BCUT2D eigenvalue weighted by Crippen LogP contribution is -2.50. The van der Waals surface area contributed by atoms with E-state index < -0.39 is 16.8 Å². The van der Waals surface area contributed by atoms with E-state index in [1.165, 1.54) is 0 Å². The predicted molar refractivity (Wildman–Crippen MR) is 203 cm³/mol. The average molecular weight is 756 g/mol. The van der Waals surface area contributed by atoms with Gasteiger partial charge in [-0.1, -0.05) is 24.3 Å². The highest BCUT2D eigenvalue weighted by Gasteiger charge is 2.26. The Morgan fingerprint density at radius 2 is 0.889 bits per heavy atom. The summed E-state index contributed by atoms with van der Waals surface area (Å²) in [5.41, 5.74) is -0.252. The molecule has 0 aliphatic carbocycles. The summed E-state index contributed by atoms with van der Waals surface area (Å²) in [6.45, 7) is 22.5. The highest BCUT2D eigenvalue weighted by Crippen LogP contribution is 2.15. The van der Waals surface area contributed by atoms with Crippen LogP contribution in [0.25, 0.3) is 11.4 Å². The molecule has 300 valence electrons. The van der Waals surface area contributed by atoms with Gasteiger partial charge in [0, 0.05) is 64.5 Å². The number of benzene rings is 1. The van der Waals surface area contributed by atoms with Crippen molar-refractivity contribution in [2.45, 2.75) is 92.6 Å². The molecule has 1 N–H and O–H groups in total. The standard InChI is InChI=1S/C38H61N9O7/c1-28-40-42-35(43-41-28)30-13-11-29(12-14-30)23-39-31(48)24-44-15-17-45(25-32(49)52-36(2,3)4)19-21-47(27-34(51)54-38(8,9)10)22-20-46(18-16-44)26-33(50)53-37(5,6)7/h11-14H,15-27H2,1-10H3,(H,39,48). The molecule has 1 aromatic carbocycles. The molecular formula is C38H61N9O7. The van der Waals surface area contributed by atoms with Crippen molar-refractivity contribution in [2.24, 2.45) is 0 Å². The molecule has 0 saturated carbocycles. The van der Waals surface area contributed by atoms with E-state index >= 15 is 0 Å². The van der Waals surface area contributed by atoms with Crippen molar-refractivity contribution < 1.29 is 33.4 Å². The van der Waals surface area contributed by atoms with E-state index in [1.807, 2.05) is 106 Å². The van der Waals surface area contributed by atoms with Crippen molar-refractivity contribution in [1.29, 1.82) is 0 Å². The quantitative estimate of drug-likeness (QED) is 0.261. The van der Waals surface area contributed by atoms with Gasteiger partial charge in [-0.3, -0.25) is 38.8 Å². The van der Waals surface area contributed by atoms with E-state index in [4.69, 9.17) is 14.2 Å². The number of amides is 1. The lowest BCUT2D eigenvalue weighted by Gasteiger charge is -2.34. The van der Waals surface area contributed by atoms with Crippen LogP contribution in [0.15, 0.2) is 24.3 Å². The van der Waals surface area contributed by atoms with Gasteiger partial charge in [0.25, 0.3) is 0 Å². The van der Waals surface area contributed by atoms with Crippen LogP contribution in [0.4, 0.5) is 0 Å². The molecule has 1 amide bonds. The second-order valence-electron chi connectivity index (χ2n) is 16.6. The summed E-state index contributed by atoms with van der Waals surface area (Å²) in [6, 6.07) is 7.51. The highest BCUT2D eigenvalue weighted by molar-refractivity contribution is 5.78. The minimum absolute atomic E-state index is 0.0537. The molecule has 1 saturated heterocycles. The summed E-state index contributed by atoms with van der Waals surface area (Å²) in [7, 11) is 0. The summed E-state index contributed by atoms with van der Waals surface area (Å²) in [5.74, 6) is -0.313. The topological polar surface area (TPSA) is 173 Å². The normalized spacial score (nSPS) is 16.5. The van der Waals surface area contributed by atoms with Crippen molar-refractivity contribution in [3.05, 3.63) is 35.7 Å². The SMILES string of the molecule is Cc1nnc(-c2ccc(CNC(=O)CN3CCN(CC(=O)OC(C)(C)C)CCN(CC(=O)OC(C)(C)C)CCN(CC(=O)OC(C)(C)C)CC3)cc2)nn1. The summed E-state index contributed by atoms with van der Waals surface area (Å²) in [5, 5.41) is 19.1. The third-order valence-electron chi connectivity index (χ3n) is 7.90. The summed E-state index contributed by atoms with van der Waals surface area (Å²) in [4.78, 5) is 60.2. The van der Waals surface area contributed by atoms with Crippen LogP contribution in [0.5, 0.6) is 0 Å². The number of nitrogens with one attached hydrogen (secondary N) is 1. The predicted octanol–water partition coefficient (Wildman–Crippen LogP) is 2.10. The van der Waals surface area contributed by atoms with Crippen LogP contribution < -0.4 is 5.32 Å². The minimum atomic E-state index is -0.642. The Morgan fingerprint density at radius 1 is 0.556 bits per heavy atom. The third kappa shape index (κ3) is 18.3. The number of rotatable bonds is 11. The maximum atomic E-state index is 13.3. The maximum absolute atomic E-state index is 13.3. The monoisotopic (exact) mass is 755 g/mol. The molecule has 0 radical (unpaired) electrons. The molecule has 2 heterocycles. The average Bonchev–Trinajstić information content (AvgIpc) is 3.03. The number of ether oxygens (including phenoxy) is 3. The Kier molecular flexibility index (Phi) is 16.4. The molecule has 2 aromatic rings. The molecule has 16 nitrogen and oxygen atoms in total. The summed E-state index contributed by atoms with van der Waals surface area (Å²) >= 11 is 0. The van der Waals surface area contributed by atoms with E-state index in [0.717, 1.165) is 11.1 Å². The lowest BCUT2D eigenvalue weighted by atomic mass is 10.1. The molecule has 1 aliphatic rings. The van der Waals surface area contributed by atoms with E-state index in [2.05, 4.69) is 25.7 Å². The zero-order chi connectivity index (χ0) is 40.1. The van der Waals surface area contributed by atoms with E-state index in [9.17, 15) is 19.2 Å². The number of hydrogen-bond donors (Lipinski definition) is 1. The highest BCUT2D eigenvalue weighted by atomic mass is 16.6. The molecule has 0 bridgehead atoms. The van der Waals surface area contributed by atoms with Crippen LogP contribution in [-0.2, 0) is 39.9 Å². The number of esters is 3. The first-order valence-corrected chi connectivity index (χ1v) is 18.6. The zero-order valence-electron chi connectivity index (χ0n) is 33.9. The van der Waals surface area contributed by atoms with Crippen LogP contribution >= 0.6 is 0 Å². The molecule has 3 rings (SSSR count). The Hall–Kier alpha value is -4.12. The number of hydrogen-bond acceptors (Lipinski definition) is 15. The molecule has 1 fully saturated rings. The number of nitrogens with zero attached hydrogens (tertiary/aromatic N) is 8. The minimum Gasteiger partial charge on any atom is -0.459 e. The second-order valence-corrected chi connectivity index (χ2v) is 16.6. The number of carbonyl (C=O) groups is 4. The number of aryl methyl sites for hydroxylation is 1. The molecule has 0 unspecified atom stereocenters. The fraction of sp³-hybridized carbons (Fsp3) is 0.684. The van der Waals surface area contributed by atoms with Crippen molar-refractivity contribution in [2.75, 3.05) is 78.5 Å². The van der Waals surface area contributed by atoms with Crippen LogP contribution in [0.3, 0.4) is 0 Å². The number of aromatic nitrogens is 4. The van der Waals surface area contributed by atoms with Crippen LogP contribution in [0, 0.1) is 6.92 Å². The third-order valence-corrected chi connectivity index (χ3v) is 7.90. The van der Waals surface area contributed by atoms with Gasteiger partial charge in [0.2, 0.25) is 11.7 Å². The Morgan fingerprint density at radius 3 is 1.22 bits per heavy atom. The Balaban J connectivity index is 1.75. The van der Waals surface area contributed by atoms with Gasteiger partial charge in [-0.25, -0.2) is 0 Å². The first kappa shape index (κ1) is 44.3. The van der Waals surface area contributed by atoms with Crippen molar-refractivity contribution in [1.82, 2.24) is 45.3 Å². The van der Waals surface area contributed by atoms with Gasteiger partial charge in [0.15, 0.2) is 5.82 Å². The zero-order valence-corrected chi connectivity index (χ0v) is 33.9. The molecule has 54 heavy (non-hydrogen) atoms. The van der Waals surface area contributed by atoms with Crippen molar-refractivity contribution >= 4 is 23.8 Å². The van der Waals surface area contributed by atoms with E-state index in [1.54, 1.807) is 6.92 Å². The Labute approximate surface area is 320 Å². The molecule has 0 spiro atoms. The van der Waals surface area contributed by atoms with Gasteiger partial charge in [-0.2, -0.15) is 0 Å². The van der Waals surface area contributed by atoms with Gasteiger partial charge in [-0.15, -0.1) is 20.4 Å². The van der Waals surface area contributed by atoms with Crippen molar-refractivity contribution in [3.63, 3.8) is 0 Å². The molecule has 0 atom stereocenters. The fourth-order valence-electron chi connectivity index (χ4n) is 5.51. The van der Waals surface area contributed by atoms with Crippen LogP contribution in [-0.4, -0.2) is 159 Å². The van der Waals surface area contributed by atoms with Gasteiger partial charge in [0.1, 0.15) is 16.8 Å². The number of carbonyl (C=O) groups excluding carboxylic acids is 4. The first-order chi connectivity index (χ1) is 25.1. The fourth-order valence-corrected chi connectivity index (χ4v) is 5.51. The molecule has 16 heteroatoms. The lowest BCUT2D eigenvalue weighted by molar-refractivity contribution is -0.158. The molecular weight excluding hydrogens is 694 g/mol. The first-order valence-electron chi connectivity index (χ1n) is 18.6. The van der Waals surface area contributed by atoms with Gasteiger partial charge in [0.05, 0.1) is 26.2 Å². The van der Waals surface area contributed by atoms with Gasteiger partial charge in [-0.05, 0) is 74.8 Å². The summed E-state index contributed by atoms with van der Waals surface area (Å²) < 4.78 is 16.9. The van der Waals surface area contributed by atoms with Crippen LogP contribution in [0.2, 0.25) is 0 Å². The van der Waals surface area contributed by atoms with Crippen LogP contribution in [0.1, 0.15) is 73.7 Å². The van der Waals surface area contributed by atoms with E-state index in [0.29, 0.717) is 70.6 Å². The second kappa shape index (κ2) is 20.0. The van der Waals surface area contributed by atoms with Gasteiger partial charge < -0.3 is 19.5 Å². The van der Waals surface area contributed by atoms with Gasteiger partial charge >= 0.3 is 17.9 Å². The van der Waals surface area contributed by atoms with Crippen molar-refractivity contribution in [3.8, 4) is 11.4 Å². The smallest absolute Gasteiger partial charge is 0.320 e. The Bertz CT molecular complexity index is 1470. The molecule has 1 aromatic heterocycles. The van der Waals surface area contributed by atoms with E-state index in [-0.39, 0.29) is 50.0 Å².